The summed E-state index contributed by atoms with van der Waals surface area (Å²) < 4.78 is 5.36. The molecule has 28 heavy (non-hydrogen) atoms. The molecule has 1 aromatic carbocycles. The molecule has 0 radical (unpaired) electrons. The van der Waals surface area contributed by atoms with E-state index < -0.39 is 0 Å². The summed E-state index contributed by atoms with van der Waals surface area (Å²) in [7, 11) is 0. The summed E-state index contributed by atoms with van der Waals surface area (Å²) in [5.74, 6) is 1.41. The minimum Gasteiger partial charge on any atom is -0.349 e. The number of benzene rings is 1. The van der Waals surface area contributed by atoms with Crippen molar-refractivity contribution in [3.63, 3.8) is 0 Å². The van der Waals surface area contributed by atoms with Crippen molar-refractivity contribution in [2.24, 2.45) is 0 Å². The van der Waals surface area contributed by atoms with Gasteiger partial charge < -0.3 is 14.7 Å². The molecule has 1 saturated heterocycles. The fourth-order valence-electron chi connectivity index (χ4n) is 3.48. The first-order chi connectivity index (χ1) is 13.8. The van der Waals surface area contributed by atoms with Crippen LogP contribution in [0.1, 0.15) is 35.5 Å². The van der Waals surface area contributed by atoms with E-state index in [9.17, 15) is 4.79 Å². The predicted octanol–water partition coefficient (Wildman–Crippen LogP) is 3.63. The average Bonchev–Trinajstić information content (AvgIpc) is 3.42. The lowest BCUT2D eigenvalue weighted by Gasteiger charge is -2.32. The van der Waals surface area contributed by atoms with Crippen molar-refractivity contribution in [3.05, 3.63) is 59.3 Å². The molecule has 0 aliphatic carbocycles. The van der Waals surface area contributed by atoms with E-state index in [0.717, 1.165) is 55.8 Å². The van der Waals surface area contributed by atoms with Gasteiger partial charge >= 0.3 is 0 Å². The maximum atomic E-state index is 12.3. The van der Waals surface area contributed by atoms with E-state index in [0.29, 0.717) is 11.7 Å². The summed E-state index contributed by atoms with van der Waals surface area (Å²) in [5, 5.41) is 9.22. The highest BCUT2D eigenvalue weighted by molar-refractivity contribution is 7.13. The molecule has 1 fully saturated rings. The summed E-state index contributed by atoms with van der Waals surface area (Å²) in [4.78, 5) is 20.2. The summed E-state index contributed by atoms with van der Waals surface area (Å²) in [6, 6.07) is 13.7. The number of rotatable bonds is 7. The predicted molar refractivity (Wildman–Crippen MR) is 109 cm³/mol. The van der Waals surface area contributed by atoms with Gasteiger partial charge in [0.15, 0.2) is 0 Å². The molecule has 6 nitrogen and oxygen atoms in total. The summed E-state index contributed by atoms with van der Waals surface area (Å²) >= 11 is 1.62. The quantitative estimate of drug-likeness (QED) is 0.660. The van der Waals surface area contributed by atoms with Gasteiger partial charge in [-0.25, -0.2) is 0 Å². The highest BCUT2D eigenvalue weighted by Crippen LogP contribution is 2.21. The van der Waals surface area contributed by atoms with Gasteiger partial charge in [0, 0.05) is 31.1 Å². The largest absolute Gasteiger partial charge is 0.349 e. The lowest BCUT2D eigenvalue weighted by Crippen LogP contribution is -2.44. The molecule has 0 spiro atoms. The standard InChI is InChI=1S/C21H24N4O2S/c26-21(16-6-2-1-3-7-16)22-17-10-13-25(14-11-17)12-4-9-19-23-20(24-27-19)18-8-5-15-28-18/h1-3,5-8,15,17H,4,9-14H2,(H,22,26). The Morgan fingerprint density at radius 3 is 2.75 bits per heavy atom. The van der Waals surface area contributed by atoms with Gasteiger partial charge in [-0.1, -0.05) is 29.4 Å². The smallest absolute Gasteiger partial charge is 0.251 e. The Morgan fingerprint density at radius 2 is 2.00 bits per heavy atom. The van der Waals surface area contributed by atoms with Crippen LogP contribution in [0.2, 0.25) is 0 Å². The Balaban J connectivity index is 1.16. The molecule has 4 rings (SSSR count). The lowest BCUT2D eigenvalue weighted by molar-refractivity contribution is 0.0910. The van der Waals surface area contributed by atoms with Crippen LogP contribution in [-0.4, -0.2) is 46.6 Å². The van der Waals surface area contributed by atoms with Crippen LogP contribution >= 0.6 is 11.3 Å². The molecule has 1 aliphatic rings. The van der Waals surface area contributed by atoms with E-state index in [1.165, 1.54) is 0 Å². The fourth-order valence-corrected chi connectivity index (χ4v) is 4.12. The molecule has 1 aliphatic heterocycles. The van der Waals surface area contributed by atoms with Gasteiger partial charge in [0.25, 0.3) is 5.91 Å². The van der Waals surface area contributed by atoms with Crippen LogP contribution in [-0.2, 0) is 6.42 Å². The van der Waals surface area contributed by atoms with E-state index in [1.807, 2.05) is 47.8 Å². The summed E-state index contributed by atoms with van der Waals surface area (Å²) in [6.45, 7) is 3.02. The molecule has 1 N–H and O–H groups in total. The van der Waals surface area contributed by atoms with Gasteiger partial charge in [0.1, 0.15) is 0 Å². The number of amides is 1. The number of aryl methyl sites for hydroxylation is 1. The molecule has 0 unspecified atom stereocenters. The second-order valence-corrected chi connectivity index (χ2v) is 8.00. The van der Waals surface area contributed by atoms with Gasteiger partial charge in [0.05, 0.1) is 4.88 Å². The Labute approximate surface area is 168 Å². The van der Waals surface area contributed by atoms with Crippen LogP contribution in [0, 0.1) is 0 Å². The Hall–Kier alpha value is -2.51. The van der Waals surface area contributed by atoms with E-state index in [2.05, 4.69) is 20.4 Å². The number of nitrogens with zero attached hydrogens (tertiary/aromatic N) is 3. The monoisotopic (exact) mass is 396 g/mol. The Kier molecular flexibility index (Phi) is 6.14. The van der Waals surface area contributed by atoms with Crippen molar-refractivity contribution in [1.82, 2.24) is 20.4 Å². The third kappa shape index (κ3) is 4.85. The van der Waals surface area contributed by atoms with Crippen LogP contribution in [0.15, 0.2) is 52.4 Å². The molecular weight excluding hydrogens is 372 g/mol. The van der Waals surface area contributed by atoms with Crippen LogP contribution in [0.4, 0.5) is 0 Å². The molecule has 0 bridgehead atoms. The minimum atomic E-state index is 0.0250. The second-order valence-electron chi connectivity index (χ2n) is 7.05. The van der Waals surface area contributed by atoms with E-state index in [1.54, 1.807) is 11.3 Å². The number of likely N-dealkylation sites (tertiary alicyclic amines) is 1. The normalized spacial score (nSPS) is 15.6. The maximum Gasteiger partial charge on any atom is 0.251 e. The number of nitrogens with one attached hydrogen (secondary N) is 1. The van der Waals surface area contributed by atoms with Crippen LogP contribution in [0.3, 0.4) is 0 Å². The SMILES string of the molecule is O=C(NC1CCN(CCCc2nc(-c3cccs3)no2)CC1)c1ccccc1. The highest BCUT2D eigenvalue weighted by atomic mass is 32.1. The molecule has 3 aromatic rings. The van der Waals surface area contributed by atoms with E-state index in [4.69, 9.17) is 4.52 Å². The number of hydrogen-bond donors (Lipinski definition) is 1. The third-order valence-electron chi connectivity index (χ3n) is 5.03. The molecule has 146 valence electrons. The number of carbonyl (C=O) groups is 1. The first kappa shape index (κ1) is 18.8. The molecule has 2 aromatic heterocycles. The van der Waals surface area contributed by atoms with Gasteiger partial charge in [-0.3, -0.25) is 4.79 Å². The van der Waals surface area contributed by atoms with Crippen molar-refractivity contribution in [2.45, 2.75) is 31.7 Å². The second kappa shape index (κ2) is 9.12. The summed E-state index contributed by atoms with van der Waals surface area (Å²) in [5.41, 5.74) is 0.728. The van der Waals surface area contributed by atoms with Crippen LogP contribution < -0.4 is 5.32 Å². The third-order valence-corrected chi connectivity index (χ3v) is 5.90. The van der Waals surface area contributed by atoms with Crippen molar-refractivity contribution < 1.29 is 9.32 Å². The number of aromatic nitrogens is 2. The molecule has 3 heterocycles. The zero-order chi connectivity index (χ0) is 19.2. The molecule has 7 heteroatoms. The average molecular weight is 397 g/mol. The number of hydrogen-bond acceptors (Lipinski definition) is 6. The molecule has 1 amide bonds. The minimum absolute atomic E-state index is 0.0250. The fraction of sp³-hybridized carbons (Fsp3) is 0.381. The first-order valence-electron chi connectivity index (χ1n) is 9.72. The lowest BCUT2D eigenvalue weighted by atomic mass is 10.0. The zero-order valence-electron chi connectivity index (χ0n) is 15.7. The number of piperidine rings is 1. The Bertz CT molecular complexity index is 871. The maximum absolute atomic E-state index is 12.3. The number of carbonyl (C=O) groups excluding carboxylic acids is 1. The van der Waals surface area contributed by atoms with Crippen molar-refractivity contribution >= 4 is 17.2 Å². The zero-order valence-corrected chi connectivity index (χ0v) is 16.5. The summed E-state index contributed by atoms with van der Waals surface area (Å²) in [6.07, 6.45) is 3.76. The van der Waals surface area contributed by atoms with Crippen molar-refractivity contribution in [2.75, 3.05) is 19.6 Å². The van der Waals surface area contributed by atoms with Gasteiger partial charge in [-0.05, 0) is 49.4 Å². The van der Waals surface area contributed by atoms with Crippen molar-refractivity contribution in [1.29, 1.82) is 0 Å². The van der Waals surface area contributed by atoms with Crippen LogP contribution in [0.25, 0.3) is 10.7 Å². The van der Waals surface area contributed by atoms with Gasteiger partial charge in [-0.2, -0.15) is 4.98 Å². The molecular formula is C21H24N4O2S. The number of thiophene rings is 1. The van der Waals surface area contributed by atoms with E-state index in [-0.39, 0.29) is 11.9 Å². The van der Waals surface area contributed by atoms with Crippen LogP contribution in [0.5, 0.6) is 0 Å². The van der Waals surface area contributed by atoms with Gasteiger partial charge in [0.2, 0.25) is 11.7 Å². The van der Waals surface area contributed by atoms with E-state index >= 15 is 0 Å². The Morgan fingerprint density at radius 1 is 1.18 bits per heavy atom. The topological polar surface area (TPSA) is 71.3 Å². The molecule has 0 atom stereocenters. The van der Waals surface area contributed by atoms with Gasteiger partial charge in [-0.15, -0.1) is 11.3 Å². The first-order valence-corrected chi connectivity index (χ1v) is 10.6. The van der Waals surface area contributed by atoms with Crippen molar-refractivity contribution in [3.8, 4) is 10.7 Å². The highest BCUT2D eigenvalue weighted by Gasteiger charge is 2.21. The molecule has 0 saturated carbocycles.